The van der Waals surface area contributed by atoms with E-state index in [4.69, 9.17) is 9.05 Å². The molecule has 0 rings (SSSR count). The average Bonchev–Trinajstić information content (AvgIpc) is 2.12. The molecule has 0 saturated heterocycles. The lowest BCUT2D eigenvalue weighted by Crippen LogP contribution is -1.95. The molecule has 0 radical (unpaired) electrons. The number of hydrogen-bond acceptors (Lipinski definition) is 4. The van der Waals surface area contributed by atoms with Crippen LogP contribution in [0, 0.1) is 0 Å². The normalized spacial score (nSPS) is 10.9. The monoisotopic (exact) mass is 207 g/mol. The molecular formula is C7H14NO4P. The Labute approximate surface area is 77.7 Å². The van der Waals surface area contributed by atoms with E-state index < -0.39 is 7.75 Å². The summed E-state index contributed by atoms with van der Waals surface area (Å²) in [5, 5.41) is 0. The predicted octanol–water partition coefficient (Wildman–Crippen LogP) is 2.28. The fourth-order valence-corrected chi connectivity index (χ4v) is 1.67. The number of nitrogens with zero attached hydrogens (tertiary/aromatic N) is 1. The van der Waals surface area contributed by atoms with Crippen molar-refractivity contribution in [3.8, 4) is 0 Å². The topological polar surface area (TPSA) is 65.0 Å². The first kappa shape index (κ1) is 12.5. The molecule has 0 spiro atoms. The van der Waals surface area contributed by atoms with Crippen LogP contribution in [-0.4, -0.2) is 19.3 Å². The summed E-state index contributed by atoms with van der Waals surface area (Å²) in [5.74, 6) is 0. The van der Waals surface area contributed by atoms with Gasteiger partial charge in [0.1, 0.15) is 0 Å². The molecule has 0 saturated carbocycles. The van der Waals surface area contributed by atoms with Gasteiger partial charge < -0.3 is 0 Å². The summed E-state index contributed by atoms with van der Waals surface area (Å²) < 4.78 is 24.1. The second kappa shape index (κ2) is 6.98. The van der Waals surface area contributed by atoms with E-state index in [9.17, 15) is 9.36 Å². The number of carbonyl (C=O) groups excluding carboxylic acids is 1. The molecule has 5 nitrogen and oxygen atoms in total. The van der Waals surface area contributed by atoms with Crippen LogP contribution in [0.1, 0.15) is 26.7 Å². The first-order chi connectivity index (χ1) is 6.18. The molecule has 0 aliphatic carbocycles. The van der Waals surface area contributed by atoms with Crippen molar-refractivity contribution in [2.24, 2.45) is 4.76 Å². The lowest BCUT2D eigenvalue weighted by Gasteiger charge is -2.10. The fraction of sp³-hybridized carbons (Fsp3) is 0.857. The second-order valence-corrected chi connectivity index (χ2v) is 3.98. The van der Waals surface area contributed by atoms with E-state index in [1.54, 1.807) is 0 Å². The quantitative estimate of drug-likeness (QED) is 0.365. The van der Waals surface area contributed by atoms with Crippen molar-refractivity contribution in [3.05, 3.63) is 0 Å². The van der Waals surface area contributed by atoms with Gasteiger partial charge in [0.2, 0.25) is 6.08 Å². The van der Waals surface area contributed by atoms with Gasteiger partial charge in [0.25, 0.3) is 0 Å². The minimum Gasteiger partial charge on any atom is -0.291 e. The lowest BCUT2D eigenvalue weighted by molar-refractivity contribution is 0.205. The molecule has 0 atom stereocenters. The van der Waals surface area contributed by atoms with E-state index in [0.29, 0.717) is 12.8 Å². The molecule has 0 aromatic heterocycles. The van der Waals surface area contributed by atoms with Crippen LogP contribution in [0.5, 0.6) is 0 Å². The molecule has 0 aliphatic heterocycles. The van der Waals surface area contributed by atoms with Crippen molar-refractivity contribution in [1.29, 1.82) is 0 Å². The molecule has 0 N–H and O–H groups in total. The Bertz CT molecular complexity index is 213. The standard InChI is InChI=1S/C7H14NO4P/c1-3-5-11-13(10,8-7-9)12-6-4-2/h3-6H2,1-2H3. The molecule has 0 aliphatic rings. The highest BCUT2D eigenvalue weighted by Gasteiger charge is 2.22. The highest BCUT2D eigenvalue weighted by atomic mass is 31.2. The van der Waals surface area contributed by atoms with Gasteiger partial charge >= 0.3 is 7.75 Å². The van der Waals surface area contributed by atoms with Crippen molar-refractivity contribution < 1.29 is 18.4 Å². The van der Waals surface area contributed by atoms with Crippen molar-refractivity contribution in [3.63, 3.8) is 0 Å². The molecule has 6 heteroatoms. The maximum absolute atomic E-state index is 11.5. The summed E-state index contributed by atoms with van der Waals surface area (Å²) in [4.78, 5) is 9.92. The average molecular weight is 207 g/mol. The van der Waals surface area contributed by atoms with E-state index in [2.05, 4.69) is 4.76 Å². The number of rotatable bonds is 7. The summed E-state index contributed by atoms with van der Waals surface area (Å²) in [6, 6.07) is 0. The van der Waals surface area contributed by atoms with Gasteiger partial charge in [-0.3, -0.25) is 9.05 Å². The van der Waals surface area contributed by atoms with Gasteiger partial charge in [0.05, 0.1) is 13.2 Å². The molecule has 0 aromatic rings. The van der Waals surface area contributed by atoms with Crippen molar-refractivity contribution >= 4 is 13.8 Å². The zero-order valence-corrected chi connectivity index (χ0v) is 8.75. The Kier molecular flexibility index (Phi) is 6.73. The zero-order chi connectivity index (χ0) is 10.2. The first-order valence-electron chi connectivity index (χ1n) is 4.17. The molecule has 76 valence electrons. The van der Waals surface area contributed by atoms with Gasteiger partial charge in [-0.2, -0.15) is 0 Å². The third-order valence-corrected chi connectivity index (χ3v) is 2.42. The van der Waals surface area contributed by atoms with E-state index in [1.165, 1.54) is 6.08 Å². The van der Waals surface area contributed by atoms with Crippen molar-refractivity contribution in [1.82, 2.24) is 0 Å². The molecular weight excluding hydrogens is 193 g/mol. The maximum Gasteiger partial charge on any atom is 0.464 e. The Morgan fingerprint density at radius 1 is 1.23 bits per heavy atom. The first-order valence-corrected chi connectivity index (χ1v) is 5.66. The van der Waals surface area contributed by atoms with E-state index in [0.717, 1.165) is 0 Å². The molecule has 0 aromatic carbocycles. The highest BCUT2D eigenvalue weighted by molar-refractivity contribution is 7.52. The maximum atomic E-state index is 11.5. The smallest absolute Gasteiger partial charge is 0.291 e. The Morgan fingerprint density at radius 3 is 2.00 bits per heavy atom. The van der Waals surface area contributed by atoms with Gasteiger partial charge in [-0.25, -0.2) is 9.36 Å². The summed E-state index contributed by atoms with van der Waals surface area (Å²) in [6.45, 7) is 4.22. The predicted molar refractivity (Wildman–Crippen MR) is 48.2 cm³/mol. The van der Waals surface area contributed by atoms with Gasteiger partial charge in [0.15, 0.2) is 0 Å². The van der Waals surface area contributed by atoms with E-state index >= 15 is 0 Å². The highest BCUT2D eigenvalue weighted by Crippen LogP contribution is 2.49. The molecule has 0 heterocycles. The van der Waals surface area contributed by atoms with Gasteiger partial charge in [-0.15, -0.1) is 0 Å². The van der Waals surface area contributed by atoms with Crippen LogP contribution in [0.2, 0.25) is 0 Å². The summed E-state index contributed by atoms with van der Waals surface area (Å²) in [7, 11) is -3.55. The van der Waals surface area contributed by atoms with E-state index in [-0.39, 0.29) is 13.2 Å². The Balaban J connectivity index is 4.16. The van der Waals surface area contributed by atoms with Crippen LogP contribution in [0.15, 0.2) is 4.76 Å². The molecule has 0 fully saturated rings. The van der Waals surface area contributed by atoms with Gasteiger partial charge in [-0.1, -0.05) is 18.6 Å². The van der Waals surface area contributed by atoms with E-state index in [1.807, 2.05) is 13.8 Å². The number of isocyanates is 1. The Hall–Kier alpha value is -0.470. The molecule has 0 bridgehead atoms. The zero-order valence-electron chi connectivity index (χ0n) is 7.86. The summed E-state index contributed by atoms with van der Waals surface area (Å²) >= 11 is 0. The molecule has 0 unspecified atom stereocenters. The van der Waals surface area contributed by atoms with Crippen LogP contribution >= 0.6 is 7.75 Å². The number of hydrogen-bond donors (Lipinski definition) is 0. The minimum absolute atomic E-state index is 0.256. The second-order valence-electron chi connectivity index (χ2n) is 2.33. The van der Waals surface area contributed by atoms with Crippen LogP contribution in [0.25, 0.3) is 0 Å². The van der Waals surface area contributed by atoms with Crippen LogP contribution < -0.4 is 0 Å². The molecule has 13 heavy (non-hydrogen) atoms. The van der Waals surface area contributed by atoms with Gasteiger partial charge in [-0.05, 0) is 12.8 Å². The third kappa shape index (κ3) is 5.72. The molecule has 0 amide bonds. The van der Waals surface area contributed by atoms with Gasteiger partial charge in [0, 0.05) is 0 Å². The Morgan fingerprint density at radius 2 is 1.69 bits per heavy atom. The third-order valence-electron chi connectivity index (χ3n) is 1.08. The SMILES string of the molecule is CCCOP(=O)(N=C=O)OCCC. The van der Waals surface area contributed by atoms with Crippen LogP contribution in [0.4, 0.5) is 0 Å². The van der Waals surface area contributed by atoms with Crippen LogP contribution in [-0.2, 0) is 18.4 Å². The summed E-state index contributed by atoms with van der Waals surface area (Å²) in [6.07, 6.45) is 2.56. The van der Waals surface area contributed by atoms with Crippen molar-refractivity contribution in [2.75, 3.05) is 13.2 Å². The summed E-state index contributed by atoms with van der Waals surface area (Å²) in [5.41, 5.74) is 0. The largest absolute Gasteiger partial charge is 0.464 e. The lowest BCUT2D eigenvalue weighted by atomic mass is 10.5. The fourth-order valence-electron chi connectivity index (χ4n) is 0.558. The van der Waals surface area contributed by atoms with Crippen molar-refractivity contribution in [2.45, 2.75) is 26.7 Å². The van der Waals surface area contributed by atoms with Crippen LogP contribution in [0.3, 0.4) is 0 Å². The minimum atomic E-state index is -3.55.